The van der Waals surface area contributed by atoms with E-state index in [4.69, 9.17) is 9.84 Å². The molecule has 2 aliphatic heterocycles. The Bertz CT molecular complexity index is 274. The number of fused-ring (bicyclic) bond motifs is 2. The highest BCUT2D eigenvalue weighted by molar-refractivity contribution is 5.83. The quantitative estimate of drug-likeness (QED) is 0.637. The van der Waals surface area contributed by atoms with Crippen molar-refractivity contribution in [3.05, 3.63) is 0 Å². The lowest BCUT2D eigenvalue weighted by atomic mass is 9.79. The van der Waals surface area contributed by atoms with Crippen LogP contribution in [0.1, 0.15) is 12.8 Å². The fraction of sp³-hybridized carbons (Fsp3) is 0.778. The molecule has 0 spiro atoms. The maximum absolute atomic E-state index is 11.4. The van der Waals surface area contributed by atoms with Gasteiger partial charge in [0.1, 0.15) is 0 Å². The van der Waals surface area contributed by atoms with Crippen LogP contribution < -0.4 is 0 Å². The Hall–Kier alpha value is -1.10. The summed E-state index contributed by atoms with van der Waals surface area (Å²) in [7, 11) is 1.27. The second kappa shape index (κ2) is 3.24. The van der Waals surface area contributed by atoms with Crippen LogP contribution in [-0.4, -0.2) is 36.4 Å². The number of rotatable bonds is 2. The van der Waals surface area contributed by atoms with E-state index < -0.39 is 23.8 Å². The molecule has 1 N–H and O–H groups in total. The standard InChI is InChI=1S/C9H12O5/c1-13-9(12)7-5-3-2-4(14-5)6(7)8(10)11/h4-7H,2-3H2,1H3,(H,10,11)/t4?,5-,6+,7?/m1/s1. The molecule has 78 valence electrons. The molecular formula is C9H12O5. The van der Waals surface area contributed by atoms with E-state index >= 15 is 0 Å². The van der Waals surface area contributed by atoms with Crippen LogP contribution in [0.15, 0.2) is 0 Å². The molecule has 5 nitrogen and oxygen atoms in total. The van der Waals surface area contributed by atoms with E-state index in [1.165, 1.54) is 7.11 Å². The molecule has 2 rings (SSSR count). The van der Waals surface area contributed by atoms with Crippen LogP contribution in [0.25, 0.3) is 0 Å². The summed E-state index contributed by atoms with van der Waals surface area (Å²) in [4.78, 5) is 22.3. The first-order chi connectivity index (χ1) is 6.65. The normalized spacial score (nSPS) is 39.8. The van der Waals surface area contributed by atoms with Crippen LogP contribution in [0.5, 0.6) is 0 Å². The van der Waals surface area contributed by atoms with Crippen molar-refractivity contribution in [3.8, 4) is 0 Å². The van der Waals surface area contributed by atoms with Gasteiger partial charge in [0, 0.05) is 0 Å². The molecule has 0 saturated carbocycles. The van der Waals surface area contributed by atoms with Gasteiger partial charge in [-0.3, -0.25) is 9.59 Å². The van der Waals surface area contributed by atoms with Crippen LogP contribution in [0.2, 0.25) is 0 Å². The number of carboxylic acid groups (broad SMARTS) is 1. The number of carbonyl (C=O) groups excluding carboxylic acids is 1. The van der Waals surface area contributed by atoms with Crippen LogP contribution in [-0.2, 0) is 19.1 Å². The number of aliphatic carboxylic acids is 1. The number of carboxylic acids is 1. The van der Waals surface area contributed by atoms with E-state index in [0.29, 0.717) is 0 Å². The molecule has 2 bridgehead atoms. The highest BCUT2D eigenvalue weighted by atomic mass is 16.5. The molecule has 14 heavy (non-hydrogen) atoms. The molecule has 0 radical (unpaired) electrons. The van der Waals surface area contributed by atoms with Gasteiger partial charge < -0.3 is 14.6 Å². The van der Waals surface area contributed by atoms with Crippen LogP contribution in [0.4, 0.5) is 0 Å². The molecule has 0 aromatic heterocycles. The number of carbonyl (C=O) groups is 2. The summed E-state index contributed by atoms with van der Waals surface area (Å²) >= 11 is 0. The summed E-state index contributed by atoms with van der Waals surface area (Å²) in [6, 6.07) is 0. The number of esters is 1. The van der Waals surface area contributed by atoms with Gasteiger partial charge in [-0.25, -0.2) is 0 Å². The highest BCUT2D eigenvalue weighted by Crippen LogP contribution is 2.43. The van der Waals surface area contributed by atoms with Gasteiger partial charge in [0.25, 0.3) is 0 Å². The molecule has 2 heterocycles. The first-order valence-corrected chi connectivity index (χ1v) is 4.61. The summed E-state index contributed by atoms with van der Waals surface area (Å²) in [5.74, 6) is -2.77. The molecule has 5 heteroatoms. The Morgan fingerprint density at radius 2 is 1.86 bits per heavy atom. The summed E-state index contributed by atoms with van der Waals surface area (Å²) in [6.45, 7) is 0. The Morgan fingerprint density at radius 3 is 2.36 bits per heavy atom. The lowest BCUT2D eigenvalue weighted by molar-refractivity contribution is -0.156. The third-order valence-corrected chi connectivity index (χ3v) is 3.03. The number of methoxy groups -OCH3 is 1. The van der Waals surface area contributed by atoms with Gasteiger partial charge >= 0.3 is 11.9 Å². The molecule has 2 unspecified atom stereocenters. The minimum Gasteiger partial charge on any atom is -0.481 e. The van der Waals surface area contributed by atoms with E-state index in [1.54, 1.807) is 0 Å². The fourth-order valence-corrected chi connectivity index (χ4v) is 2.43. The maximum atomic E-state index is 11.4. The van der Waals surface area contributed by atoms with Gasteiger partial charge in [0.05, 0.1) is 31.2 Å². The summed E-state index contributed by atoms with van der Waals surface area (Å²) in [5.41, 5.74) is 0. The molecule has 2 saturated heterocycles. The minimum absolute atomic E-state index is 0.256. The average molecular weight is 200 g/mol. The van der Waals surface area contributed by atoms with Crippen molar-refractivity contribution < 1.29 is 24.2 Å². The van der Waals surface area contributed by atoms with E-state index in [1.807, 2.05) is 0 Å². The Balaban J connectivity index is 2.21. The molecule has 0 amide bonds. The number of hydrogen-bond donors (Lipinski definition) is 1. The van der Waals surface area contributed by atoms with Crippen molar-refractivity contribution in [2.75, 3.05) is 7.11 Å². The van der Waals surface area contributed by atoms with Crippen molar-refractivity contribution in [2.24, 2.45) is 11.8 Å². The van der Waals surface area contributed by atoms with Gasteiger partial charge in [0.2, 0.25) is 0 Å². The third kappa shape index (κ3) is 1.19. The summed E-state index contributed by atoms with van der Waals surface area (Å²) in [5, 5.41) is 8.96. The van der Waals surface area contributed by atoms with Crippen molar-refractivity contribution in [1.29, 1.82) is 0 Å². The predicted octanol–water partition coefficient (Wildman–Crippen LogP) is 0.0376. The molecule has 2 aliphatic rings. The van der Waals surface area contributed by atoms with Gasteiger partial charge in [-0.05, 0) is 12.8 Å². The largest absolute Gasteiger partial charge is 0.481 e. The minimum atomic E-state index is -0.965. The average Bonchev–Trinajstić information content (AvgIpc) is 2.74. The first kappa shape index (κ1) is 9.45. The van der Waals surface area contributed by atoms with Crippen molar-refractivity contribution in [3.63, 3.8) is 0 Å². The molecule has 2 fully saturated rings. The van der Waals surface area contributed by atoms with Gasteiger partial charge in [-0.15, -0.1) is 0 Å². The van der Waals surface area contributed by atoms with Crippen LogP contribution in [0.3, 0.4) is 0 Å². The fourth-order valence-electron chi connectivity index (χ4n) is 2.43. The van der Waals surface area contributed by atoms with Crippen molar-refractivity contribution in [1.82, 2.24) is 0 Å². The SMILES string of the molecule is COC(=O)C1[C@@H](C(=O)O)C2CC[C@H]1O2. The first-order valence-electron chi connectivity index (χ1n) is 4.61. The monoisotopic (exact) mass is 200 g/mol. The molecule has 0 aliphatic carbocycles. The van der Waals surface area contributed by atoms with Crippen molar-refractivity contribution >= 4 is 11.9 Å². The Morgan fingerprint density at radius 1 is 1.29 bits per heavy atom. The predicted molar refractivity (Wildman–Crippen MR) is 44.5 cm³/mol. The maximum Gasteiger partial charge on any atom is 0.312 e. The number of ether oxygens (including phenoxy) is 2. The van der Waals surface area contributed by atoms with Gasteiger partial charge in [-0.1, -0.05) is 0 Å². The van der Waals surface area contributed by atoms with Crippen LogP contribution in [0, 0.1) is 11.8 Å². The topological polar surface area (TPSA) is 72.8 Å². The Labute approximate surface area is 81.0 Å². The molecule has 4 atom stereocenters. The summed E-state index contributed by atoms with van der Waals surface area (Å²) in [6.07, 6.45) is 0.929. The highest BCUT2D eigenvalue weighted by Gasteiger charge is 2.56. The zero-order chi connectivity index (χ0) is 10.3. The molecular weight excluding hydrogens is 188 g/mol. The van der Waals surface area contributed by atoms with Crippen LogP contribution >= 0.6 is 0 Å². The van der Waals surface area contributed by atoms with Crippen molar-refractivity contribution in [2.45, 2.75) is 25.0 Å². The smallest absolute Gasteiger partial charge is 0.312 e. The summed E-state index contributed by atoms with van der Waals surface area (Å²) < 4.78 is 9.98. The van der Waals surface area contributed by atoms with E-state index in [0.717, 1.165) is 12.8 Å². The lowest BCUT2D eigenvalue weighted by Crippen LogP contribution is -2.38. The Kier molecular flexibility index (Phi) is 2.19. The van der Waals surface area contributed by atoms with E-state index in [9.17, 15) is 9.59 Å². The van der Waals surface area contributed by atoms with E-state index in [2.05, 4.69) is 4.74 Å². The zero-order valence-electron chi connectivity index (χ0n) is 7.80. The zero-order valence-corrected chi connectivity index (χ0v) is 7.80. The lowest BCUT2D eigenvalue weighted by Gasteiger charge is -2.22. The second-order valence-electron chi connectivity index (χ2n) is 3.70. The van der Waals surface area contributed by atoms with Gasteiger partial charge in [0.15, 0.2) is 0 Å². The third-order valence-electron chi connectivity index (χ3n) is 3.03. The number of hydrogen-bond acceptors (Lipinski definition) is 4. The molecule has 0 aromatic rings. The second-order valence-corrected chi connectivity index (χ2v) is 3.70. The van der Waals surface area contributed by atoms with Gasteiger partial charge in [-0.2, -0.15) is 0 Å². The molecule has 0 aromatic carbocycles. The van der Waals surface area contributed by atoms with E-state index in [-0.39, 0.29) is 12.2 Å².